The van der Waals surface area contributed by atoms with E-state index in [-0.39, 0.29) is 0 Å². The summed E-state index contributed by atoms with van der Waals surface area (Å²) in [6.07, 6.45) is 7.46. The van der Waals surface area contributed by atoms with Crippen molar-refractivity contribution in [3.63, 3.8) is 0 Å². The maximum atomic E-state index is 3.61. The number of hydrogen-bond donors (Lipinski definition) is 1. The second-order valence-corrected chi connectivity index (χ2v) is 5.93. The second-order valence-electron chi connectivity index (χ2n) is 5.06. The smallest absolute Gasteiger partial charge is 0.0364 e. The highest BCUT2D eigenvalue weighted by molar-refractivity contribution is 7.98. The second kappa shape index (κ2) is 7.05. The molecule has 18 heavy (non-hydrogen) atoms. The van der Waals surface area contributed by atoms with Gasteiger partial charge in [0.1, 0.15) is 0 Å². The molecule has 0 spiro atoms. The summed E-state index contributed by atoms with van der Waals surface area (Å²) in [6.45, 7) is 2.34. The first kappa shape index (κ1) is 13.8. The number of piperidine rings is 1. The van der Waals surface area contributed by atoms with Crippen LogP contribution in [-0.2, 0) is 0 Å². The Hall–Kier alpha value is -0.670. The van der Waals surface area contributed by atoms with E-state index >= 15 is 0 Å². The first-order chi connectivity index (χ1) is 8.79. The van der Waals surface area contributed by atoms with Gasteiger partial charge in [0.15, 0.2) is 0 Å². The highest BCUT2D eigenvalue weighted by atomic mass is 32.2. The molecule has 1 fully saturated rings. The number of hydrogen-bond acceptors (Lipinski definition) is 3. The van der Waals surface area contributed by atoms with Crippen molar-refractivity contribution in [3.05, 3.63) is 24.3 Å². The van der Waals surface area contributed by atoms with Crippen LogP contribution in [0, 0.1) is 0 Å². The molecule has 1 aromatic carbocycles. The summed E-state index contributed by atoms with van der Waals surface area (Å²) in [5.41, 5.74) is 1.32. The Bertz CT molecular complexity index is 344. The van der Waals surface area contributed by atoms with Gasteiger partial charge < -0.3 is 10.2 Å². The lowest BCUT2D eigenvalue weighted by molar-refractivity contribution is 0.384. The van der Waals surface area contributed by atoms with E-state index in [1.165, 1.54) is 42.8 Å². The van der Waals surface area contributed by atoms with Crippen LogP contribution >= 0.6 is 11.8 Å². The molecule has 1 atom stereocenters. The third kappa shape index (κ3) is 3.92. The van der Waals surface area contributed by atoms with Crippen LogP contribution in [0.3, 0.4) is 0 Å². The molecule has 1 aliphatic rings. The molecule has 100 valence electrons. The molecule has 1 unspecified atom stereocenters. The van der Waals surface area contributed by atoms with Gasteiger partial charge in [0.2, 0.25) is 0 Å². The minimum Gasteiger partial charge on any atom is -0.375 e. The maximum absolute atomic E-state index is 3.61. The summed E-state index contributed by atoms with van der Waals surface area (Å²) in [4.78, 5) is 3.70. The fraction of sp³-hybridized carbons (Fsp3) is 0.600. The van der Waals surface area contributed by atoms with Crippen LogP contribution in [0.5, 0.6) is 0 Å². The van der Waals surface area contributed by atoms with Gasteiger partial charge in [-0.25, -0.2) is 0 Å². The number of thioether (sulfide) groups is 1. The molecule has 0 amide bonds. The van der Waals surface area contributed by atoms with E-state index in [9.17, 15) is 0 Å². The first-order valence-electron chi connectivity index (χ1n) is 6.88. The standard InChI is InChI=1S/C15H24N2S/c1-17(12-10-13-5-3-4-11-16-13)14-6-8-15(18-2)9-7-14/h6-9,13,16H,3-5,10-12H2,1-2H3. The minimum absolute atomic E-state index is 0.728. The van der Waals surface area contributed by atoms with E-state index < -0.39 is 0 Å². The number of benzene rings is 1. The van der Waals surface area contributed by atoms with Crippen molar-refractivity contribution in [3.8, 4) is 0 Å². The summed E-state index contributed by atoms with van der Waals surface area (Å²) in [6, 6.07) is 9.58. The van der Waals surface area contributed by atoms with Crippen molar-refractivity contribution >= 4 is 17.4 Å². The van der Waals surface area contributed by atoms with Gasteiger partial charge in [-0.1, -0.05) is 6.42 Å². The van der Waals surface area contributed by atoms with Crippen LogP contribution < -0.4 is 10.2 Å². The van der Waals surface area contributed by atoms with Gasteiger partial charge in [0.05, 0.1) is 0 Å². The first-order valence-corrected chi connectivity index (χ1v) is 8.10. The van der Waals surface area contributed by atoms with Gasteiger partial charge >= 0.3 is 0 Å². The van der Waals surface area contributed by atoms with Crippen LogP contribution in [0.2, 0.25) is 0 Å². The average Bonchev–Trinajstić information content (AvgIpc) is 2.46. The third-order valence-corrected chi connectivity index (χ3v) is 4.48. The number of nitrogens with zero attached hydrogens (tertiary/aromatic N) is 1. The molecule has 3 heteroatoms. The van der Waals surface area contributed by atoms with Crippen molar-refractivity contribution in [1.29, 1.82) is 0 Å². The lowest BCUT2D eigenvalue weighted by Crippen LogP contribution is -2.36. The van der Waals surface area contributed by atoms with Crippen molar-refractivity contribution in [2.24, 2.45) is 0 Å². The van der Waals surface area contributed by atoms with Crippen LogP contribution in [0.25, 0.3) is 0 Å². The van der Waals surface area contributed by atoms with Gasteiger partial charge in [0.25, 0.3) is 0 Å². The Labute approximate surface area is 115 Å². The van der Waals surface area contributed by atoms with Crippen LogP contribution in [-0.4, -0.2) is 32.4 Å². The Morgan fingerprint density at radius 3 is 2.67 bits per heavy atom. The molecule has 1 N–H and O–H groups in total. The summed E-state index contributed by atoms with van der Waals surface area (Å²) in [5.74, 6) is 0. The topological polar surface area (TPSA) is 15.3 Å². The quantitative estimate of drug-likeness (QED) is 0.821. The highest BCUT2D eigenvalue weighted by Gasteiger charge is 2.13. The van der Waals surface area contributed by atoms with E-state index in [0.717, 1.165) is 12.6 Å². The van der Waals surface area contributed by atoms with Crippen molar-refractivity contribution in [2.75, 3.05) is 31.3 Å². The van der Waals surface area contributed by atoms with Crippen LogP contribution in [0.15, 0.2) is 29.2 Å². The van der Waals surface area contributed by atoms with E-state index in [1.54, 1.807) is 11.8 Å². The zero-order valence-corrected chi connectivity index (χ0v) is 12.3. The Morgan fingerprint density at radius 1 is 1.28 bits per heavy atom. The molecule has 2 rings (SSSR count). The third-order valence-electron chi connectivity index (χ3n) is 3.74. The Kier molecular flexibility index (Phi) is 5.39. The van der Waals surface area contributed by atoms with Gasteiger partial charge in [-0.05, 0) is 56.3 Å². The normalized spacial score (nSPS) is 19.8. The SMILES string of the molecule is CSc1ccc(N(C)CCC2CCCCN2)cc1. The summed E-state index contributed by atoms with van der Waals surface area (Å²) in [7, 11) is 2.19. The molecule has 1 aliphatic heterocycles. The predicted octanol–water partition coefficient (Wildman–Crippen LogP) is 3.38. The molecular formula is C15H24N2S. The van der Waals surface area contributed by atoms with Crippen molar-refractivity contribution in [2.45, 2.75) is 36.6 Å². The monoisotopic (exact) mass is 264 g/mol. The minimum atomic E-state index is 0.728. The number of nitrogens with one attached hydrogen (secondary N) is 1. The Morgan fingerprint density at radius 2 is 2.06 bits per heavy atom. The number of anilines is 1. The van der Waals surface area contributed by atoms with Crippen molar-refractivity contribution in [1.82, 2.24) is 5.32 Å². The zero-order chi connectivity index (χ0) is 12.8. The van der Waals surface area contributed by atoms with E-state index in [2.05, 4.69) is 47.8 Å². The average molecular weight is 264 g/mol. The highest BCUT2D eigenvalue weighted by Crippen LogP contribution is 2.20. The van der Waals surface area contributed by atoms with Gasteiger partial charge in [-0.3, -0.25) is 0 Å². The van der Waals surface area contributed by atoms with E-state index in [4.69, 9.17) is 0 Å². The van der Waals surface area contributed by atoms with Gasteiger partial charge in [0, 0.05) is 30.2 Å². The largest absolute Gasteiger partial charge is 0.375 e. The zero-order valence-electron chi connectivity index (χ0n) is 11.5. The summed E-state index contributed by atoms with van der Waals surface area (Å²) >= 11 is 1.80. The number of rotatable bonds is 5. The molecule has 0 aliphatic carbocycles. The molecule has 0 saturated carbocycles. The lowest BCUT2D eigenvalue weighted by atomic mass is 10.0. The summed E-state index contributed by atoms with van der Waals surface area (Å²) in [5, 5.41) is 3.61. The van der Waals surface area contributed by atoms with E-state index in [1.807, 2.05) is 0 Å². The Balaban J connectivity index is 1.80. The van der Waals surface area contributed by atoms with Crippen LogP contribution in [0.1, 0.15) is 25.7 Å². The van der Waals surface area contributed by atoms with Gasteiger partial charge in [-0.2, -0.15) is 0 Å². The molecule has 0 bridgehead atoms. The molecule has 0 aromatic heterocycles. The molecule has 1 heterocycles. The summed E-state index contributed by atoms with van der Waals surface area (Å²) < 4.78 is 0. The molecule has 2 nitrogen and oxygen atoms in total. The van der Waals surface area contributed by atoms with Crippen LogP contribution in [0.4, 0.5) is 5.69 Å². The molecule has 1 aromatic rings. The predicted molar refractivity (Wildman–Crippen MR) is 81.8 cm³/mol. The lowest BCUT2D eigenvalue weighted by Gasteiger charge is -2.27. The van der Waals surface area contributed by atoms with Gasteiger partial charge in [-0.15, -0.1) is 11.8 Å². The molecule has 0 radical (unpaired) electrons. The maximum Gasteiger partial charge on any atom is 0.0364 e. The van der Waals surface area contributed by atoms with Crippen molar-refractivity contribution < 1.29 is 0 Å². The molecule has 1 saturated heterocycles. The fourth-order valence-corrected chi connectivity index (χ4v) is 2.89. The fourth-order valence-electron chi connectivity index (χ4n) is 2.49. The van der Waals surface area contributed by atoms with E-state index in [0.29, 0.717) is 0 Å². The molecular weight excluding hydrogens is 240 g/mol.